The zero-order chi connectivity index (χ0) is 13.0. The number of rotatable bonds is 5. The highest BCUT2D eigenvalue weighted by atomic mass is 16.5. The molecule has 0 aromatic heterocycles. The number of carbonyl (C=O) groups excluding carboxylic acids is 1. The SMILES string of the molecule is CNC(CN1CCCCCC1)(C(=O)OC)C1CC1. The van der Waals surface area contributed by atoms with Gasteiger partial charge < -0.3 is 15.0 Å². The van der Waals surface area contributed by atoms with E-state index >= 15 is 0 Å². The molecule has 18 heavy (non-hydrogen) atoms. The van der Waals surface area contributed by atoms with E-state index in [1.165, 1.54) is 32.8 Å². The molecule has 1 saturated heterocycles. The van der Waals surface area contributed by atoms with E-state index in [-0.39, 0.29) is 5.97 Å². The van der Waals surface area contributed by atoms with Crippen LogP contribution in [0.3, 0.4) is 0 Å². The quantitative estimate of drug-likeness (QED) is 0.753. The summed E-state index contributed by atoms with van der Waals surface area (Å²) in [5.74, 6) is 0.370. The highest BCUT2D eigenvalue weighted by Crippen LogP contribution is 2.41. The predicted octanol–water partition coefficient (Wildman–Crippen LogP) is 1.40. The maximum absolute atomic E-state index is 12.2. The summed E-state index contributed by atoms with van der Waals surface area (Å²) in [6.45, 7) is 3.04. The Morgan fingerprint density at radius 3 is 2.33 bits per heavy atom. The molecule has 1 heterocycles. The standard InChI is InChI=1S/C14H26N2O2/c1-15-14(12-7-8-12,13(17)18-2)11-16-9-5-3-4-6-10-16/h12,15H,3-11H2,1-2H3. The molecule has 1 aliphatic heterocycles. The highest BCUT2D eigenvalue weighted by Gasteiger charge is 2.51. The summed E-state index contributed by atoms with van der Waals surface area (Å²) in [6, 6.07) is 0. The minimum absolute atomic E-state index is 0.0863. The fourth-order valence-electron chi connectivity index (χ4n) is 3.15. The molecule has 1 saturated carbocycles. The van der Waals surface area contributed by atoms with Crippen molar-refractivity contribution in [3.63, 3.8) is 0 Å². The van der Waals surface area contributed by atoms with Crippen molar-refractivity contribution in [1.82, 2.24) is 10.2 Å². The molecular weight excluding hydrogens is 228 g/mol. The van der Waals surface area contributed by atoms with Gasteiger partial charge in [-0.25, -0.2) is 4.79 Å². The van der Waals surface area contributed by atoms with Crippen molar-refractivity contribution in [1.29, 1.82) is 0 Å². The number of ether oxygens (including phenoxy) is 1. The monoisotopic (exact) mass is 254 g/mol. The van der Waals surface area contributed by atoms with Crippen molar-refractivity contribution in [2.24, 2.45) is 5.92 Å². The molecule has 2 rings (SSSR count). The van der Waals surface area contributed by atoms with Gasteiger partial charge in [0.2, 0.25) is 0 Å². The lowest BCUT2D eigenvalue weighted by Crippen LogP contribution is -2.60. The van der Waals surface area contributed by atoms with Gasteiger partial charge in [-0.15, -0.1) is 0 Å². The van der Waals surface area contributed by atoms with E-state index in [1.807, 2.05) is 7.05 Å². The van der Waals surface area contributed by atoms with Gasteiger partial charge in [-0.1, -0.05) is 12.8 Å². The Kier molecular flexibility index (Phi) is 4.62. The maximum atomic E-state index is 12.2. The van der Waals surface area contributed by atoms with Crippen molar-refractivity contribution in [3.8, 4) is 0 Å². The number of carbonyl (C=O) groups is 1. The summed E-state index contributed by atoms with van der Waals surface area (Å²) in [6.07, 6.45) is 7.44. The van der Waals surface area contributed by atoms with Crippen LogP contribution in [-0.4, -0.2) is 50.2 Å². The van der Waals surface area contributed by atoms with Crippen LogP contribution in [0.25, 0.3) is 0 Å². The minimum Gasteiger partial charge on any atom is -0.468 e. The van der Waals surface area contributed by atoms with E-state index in [9.17, 15) is 4.79 Å². The van der Waals surface area contributed by atoms with Crippen LogP contribution in [0.4, 0.5) is 0 Å². The lowest BCUT2D eigenvalue weighted by molar-refractivity contribution is -0.150. The van der Waals surface area contributed by atoms with Crippen molar-refractivity contribution in [2.75, 3.05) is 33.8 Å². The van der Waals surface area contributed by atoms with Crippen molar-refractivity contribution < 1.29 is 9.53 Å². The van der Waals surface area contributed by atoms with Crippen LogP contribution in [0.2, 0.25) is 0 Å². The molecule has 1 unspecified atom stereocenters. The average Bonchev–Trinajstić information content (AvgIpc) is 3.22. The molecular formula is C14H26N2O2. The average molecular weight is 254 g/mol. The third-order valence-corrected chi connectivity index (χ3v) is 4.44. The fraction of sp³-hybridized carbons (Fsp3) is 0.929. The zero-order valence-electron chi connectivity index (χ0n) is 11.7. The summed E-state index contributed by atoms with van der Waals surface area (Å²) in [5, 5.41) is 3.28. The van der Waals surface area contributed by atoms with Crippen LogP contribution >= 0.6 is 0 Å². The third kappa shape index (κ3) is 2.86. The van der Waals surface area contributed by atoms with E-state index in [1.54, 1.807) is 0 Å². The lowest BCUT2D eigenvalue weighted by Gasteiger charge is -2.35. The molecule has 0 amide bonds. The van der Waals surface area contributed by atoms with Gasteiger partial charge in [0.1, 0.15) is 5.54 Å². The second-order valence-electron chi connectivity index (χ2n) is 5.68. The van der Waals surface area contributed by atoms with E-state index < -0.39 is 5.54 Å². The lowest BCUT2D eigenvalue weighted by atomic mass is 9.92. The van der Waals surface area contributed by atoms with Gasteiger partial charge in [0.15, 0.2) is 0 Å². The van der Waals surface area contributed by atoms with Crippen LogP contribution < -0.4 is 5.32 Å². The Bertz CT molecular complexity index is 284. The number of methoxy groups -OCH3 is 1. The second-order valence-corrected chi connectivity index (χ2v) is 5.68. The molecule has 0 aromatic carbocycles. The number of likely N-dealkylation sites (tertiary alicyclic amines) is 1. The van der Waals surface area contributed by atoms with Crippen molar-refractivity contribution >= 4 is 5.97 Å². The summed E-state index contributed by atoms with van der Waals surface area (Å²) in [7, 11) is 3.40. The Labute approximate surface area is 110 Å². The highest BCUT2D eigenvalue weighted by molar-refractivity contribution is 5.82. The van der Waals surface area contributed by atoms with Crippen LogP contribution in [0.15, 0.2) is 0 Å². The van der Waals surface area contributed by atoms with Crippen LogP contribution in [0.1, 0.15) is 38.5 Å². The Hall–Kier alpha value is -0.610. The molecule has 1 N–H and O–H groups in total. The number of nitrogens with zero attached hydrogens (tertiary/aromatic N) is 1. The molecule has 0 aromatic rings. The first kappa shape index (κ1) is 13.8. The molecule has 1 aliphatic carbocycles. The van der Waals surface area contributed by atoms with Gasteiger partial charge in [-0.2, -0.15) is 0 Å². The van der Waals surface area contributed by atoms with Crippen LogP contribution in [0, 0.1) is 5.92 Å². The summed E-state index contributed by atoms with van der Waals surface area (Å²) in [4.78, 5) is 14.6. The van der Waals surface area contributed by atoms with Gasteiger partial charge >= 0.3 is 5.97 Å². The number of esters is 1. The van der Waals surface area contributed by atoms with E-state index in [0.29, 0.717) is 5.92 Å². The molecule has 1 atom stereocenters. The first-order valence-corrected chi connectivity index (χ1v) is 7.22. The largest absolute Gasteiger partial charge is 0.468 e. The van der Waals surface area contributed by atoms with Gasteiger partial charge in [0, 0.05) is 6.54 Å². The minimum atomic E-state index is -0.473. The Morgan fingerprint density at radius 1 is 1.28 bits per heavy atom. The van der Waals surface area contributed by atoms with E-state index in [4.69, 9.17) is 4.74 Å². The summed E-state index contributed by atoms with van der Waals surface area (Å²) in [5.41, 5.74) is -0.473. The Balaban J connectivity index is 2.05. The van der Waals surface area contributed by atoms with Crippen LogP contribution in [0.5, 0.6) is 0 Å². The zero-order valence-corrected chi connectivity index (χ0v) is 11.7. The van der Waals surface area contributed by atoms with Crippen LogP contribution in [-0.2, 0) is 9.53 Å². The van der Waals surface area contributed by atoms with Crippen molar-refractivity contribution in [2.45, 2.75) is 44.1 Å². The first-order valence-electron chi connectivity index (χ1n) is 7.22. The molecule has 2 fully saturated rings. The molecule has 4 nitrogen and oxygen atoms in total. The number of likely N-dealkylation sites (N-methyl/N-ethyl adjacent to an activating group) is 1. The van der Waals surface area contributed by atoms with Gasteiger partial charge in [0.05, 0.1) is 7.11 Å². The van der Waals surface area contributed by atoms with Gasteiger partial charge in [-0.3, -0.25) is 0 Å². The second kappa shape index (κ2) is 6.02. The Morgan fingerprint density at radius 2 is 1.89 bits per heavy atom. The van der Waals surface area contributed by atoms with Crippen molar-refractivity contribution in [3.05, 3.63) is 0 Å². The summed E-state index contributed by atoms with van der Waals surface area (Å²) < 4.78 is 5.05. The molecule has 0 radical (unpaired) electrons. The summed E-state index contributed by atoms with van der Waals surface area (Å²) >= 11 is 0. The molecule has 2 aliphatic rings. The first-order chi connectivity index (χ1) is 8.73. The number of hydrogen-bond acceptors (Lipinski definition) is 4. The smallest absolute Gasteiger partial charge is 0.327 e. The number of nitrogens with one attached hydrogen (secondary N) is 1. The molecule has 0 spiro atoms. The molecule has 104 valence electrons. The van der Waals surface area contributed by atoms with Gasteiger partial charge in [-0.05, 0) is 51.7 Å². The van der Waals surface area contributed by atoms with E-state index in [0.717, 1.165) is 32.5 Å². The fourth-order valence-corrected chi connectivity index (χ4v) is 3.15. The number of hydrogen-bond donors (Lipinski definition) is 1. The molecule has 0 bridgehead atoms. The predicted molar refractivity (Wildman–Crippen MR) is 71.4 cm³/mol. The maximum Gasteiger partial charge on any atom is 0.327 e. The van der Waals surface area contributed by atoms with Gasteiger partial charge in [0.25, 0.3) is 0 Å². The topological polar surface area (TPSA) is 41.6 Å². The van der Waals surface area contributed by atoms with E-state index in [2.05, 4.69) is 10.2 Å². The molecule has 4 heteroatoms. The third-order valence-electron chi connectivity index (χ3n) is 4.44. The normalized spacial score (nSPS) is 25.2.